The van der Waals surface area contributed by atoms with Crippen LogP contribution in [0.3, 0.4) is 0 Å². The SMILES string of the molecule is C#C[C@@]1(O)[C@@H](COC(=O)c2ccccc2)O[C@@H](n2cnc3c(N)ncnc32)[C@@H]1OC(=O)c1cccc(C(F)(F)F)c1. The molecule has 4 aromatic rings. The number of fused-ring (bicyclic) bond motifs is 1. The average Bonchev–Trinajstić information content (AvgIpc) is 3.52. The molecule has 210 valence electrons. The predicted molar refractivity (Wildman–Crippen MR) is 135 cm³/mol. The molecule has 3 heterocycles. The van der Waals surface area contributed by atoms with Crippen LogP contribution < -0.4 is 5.73 Å². The van der Waals surface area contributed by atoms with E-state index in [1.165, 1.54) is 23.0 Å². The van der Waals surface area contributed by atoms with Crippen LogP contribution in [0.15, 0.2) is 67.3 Å². The minimum absolute atomic E-state index is 0.0183. The summed E-state index contributed by atoms with van der Waals surface area (Å²) in [5, 5.41) is 11.6. The van der Waals surface area contributed by atoms with Crippen molar-refractivity contribution in [2.24, 2.45) is 0 Å². The summed E-state index contributed by atoms with van der Waals surface area (Å²) in [5.74, 6) is 0.177. The van der Waals surface area contributed by atoms with Gasteiger partial charge in [-0.05, 0) is 30.3 Å². The Morgan fingerprint density at radius 3 is 2.54 bits per heavy atom. The Labute approximate surface area is 229 Å². The maximum Gasteiger partial charge on any atom is 0.416 e. The number of aromatic nitrogens is 4. The van der Waals surface area contributed by atoms with Crippen molar-refractivity contribution in [1.82, 2.24) is 19.5 Å². The Hall–Kier alpha value is -5.00. The highest BCUT2D eigenvalue weighted by Crippen LogP contribution is 2.41. The minimum atomic E-state index is -4.72. The highest BCUT2D eigenvalue weighted by Gasteiger charge is 2.59. The van der Waals surface area contributed by atoms with E-state index in [9.17, 15) is 27.9 Å². The van der Waals surface area contributed by atoms with Crippen LogP contribution >= 0.6 is 0 Å². The first-order valence-corrected chi connectivity index (χ1v) is 11.9. The standard InChI is InChI=1S/C27H20F3N5O6/c1-2-26(38)18(12-39-24(36)15-7-4-3-5-8-15)40-23(35-14-34-19-21(31)32-13-33-22(19)35)20(26)41-25(37)16-9-6-10-17(11-16)27(28,29)30/h1,3-11,13-14,18,20,23,38H,12H2,(H2,31,32,33)/t18-,20+,23-,26-/m1/s1. The third-order valence-electron chi connectivity index (χ3n) is 6.41. The van der Waals surface area contributed by atoms with E-state index in [2.05, 4.69) is 20.9 Å². The number of carbonyl (C=O) groups is 2. The second kappa shape index (κ2) is 10.5. The quantitative estimate of drug-likeness (QED) is 0.263. The van der Waals surface area contributed by atoms with Crippen LogP contribution in [0, 0.1) is 12.3 Å². The van der Waals surface area contributed by atoms with Crippen molar-refractivity contribution in [3.8, 4) is 12.3 Å². The summed E-state index contributed by atoms with van der Waals surface area (Å²) in [5.41, 5.74) is 2.38. The van der Waals surface area contributed by atoms with Gasteiger partial charge >= 0.3 is 18.1 Å². The number of carbonyl (C=O) groups excluding carboxylic acids is 2. The van der Waals surface area contributed by atoms with Crippen LogP contribution in [0.4, 0.5) is 19.0 Å². The molecule has 3 N–H and O–H groups in total. The van der Waals surface area contributed by atoms with E-state index < -0.39 is 59.9 Å². The van der Waals surface area contributed by atoms with Gasteiger partial charge in [0.15, 0.2) is 29.4 Å². The Morgan fingerprint density at radius 1 is 1.10 bits per heavy atom. The zero-order chi connectivity index (χ0) is 29.4. The predicted octanol–water partition coefficient (Wildman–Crippen LogP) is 2.77. The fourth-order valence-electron chi connectivity index (χ4n) is 4.32. The lowest BCUT2D eigenvalue weighted by Crippen LogP contribution is -2.50. The fraction of sp³-hybridized carbons (Fsp3) is 0.222. The first-order valence-electron chi connectivity index (χ1n) is 11.9. The number of aliphatic hydroxyl groups is 1. The van der Waals surface area contributed by atoms with Crippen LogP contribution in [-0.4, -0.2) is 61.0 Å². The number of hydrogen-bond donors (Lipinski definition) is 2. The molecule has 0 saturated carbocycles. The van der Waals surface area contributed by atoms with Gasteiger partial charge in [0.1, 0.15) is 24.6 Å². The average molecular weight is 567 g/mol. The van der Waals surface area contributed by atoms with Gasteiger partial charge < -0.3 is 25.1 Å². The summed E-state index contributed by atoms with van der Waals surface area (Å²) in [6, 6.07) is 11.5. The van der Waals surface area contributed by atoms with Gasteiger partial charge in [-0.2, -0.15) is 13.2 Å². The molecule has 14 heteroatoms. The first kappa shape index (κ1) is 27.6. The van der Waals surface area contributed by atoms with E-state index in [-0.39, 0.29) is 22.5 Å². The molecule has 0 radical (unpaired) electrons. The minimum Gasteiger partial charge on any atom is -0.459 e. The van der Waals surface area contributed by atoms with Crippen molar-refractivity contribution < 1.29 is 42.1 Å². The Morgan fingerprint density at radius 2 is 1.83 bits per heavy atom. The lowest BCUT2D eigenvalue weighted by Gasteiger charge is -2.28. The molecule has 41 heavy (non-hydrogen) atoms. The van der Waals surface area contributed by atoms with Crippen LogP contribution in [0.25, 0.3) is 11.2 Å². The van der Waals surface area contributed by atoms with Crippen LogP contribution in [-0.2, 0) is 20.4 Å². The third kappa shape index (κ3) is 5.15. The van der Waals surface area contributed by atoms with E-state index in [0.29, 0.717) is 6.07 Å². The zero-order valence-corrected chi connectivity index (χ0v) is 20.9. The molecule has 1 fully saturated rings. The van der Waals surface area contributed by atoms with Crippen molar-refractivity contribution in [3.05, 3.63) is 83.9 Å². The van der Waals surface area contributed by atoms with Crippen LogP contribution in [0.5, 0.6) is 0 Å². The number of halogens is 3. The Balaban J connectivity index is 1.50. The number of alkyl halides is 3. The number of esters is 2. The lowest BCUT2D eigenvalue weighted by atomic mass is 9.93. The highest BCUT2D eigenvalue weighted by molar-refractivity contribution is 5.90. The summed E-state index contributed by atoms with van der Waals surface area (Å²) in [7, 11) is 0. The summed E-state index contributed by atoms with van der Waals surface area (Å²) in [4.78, 5) is 37.7. The van der Waals surface area contributed by atoms with Crippen molar-refractivity contribution in [1.29, 1.82) is 0 Å². The van der Waals surface area contributed by atoms with E-state index >= 15 is 0 Å². The van der Waals surface area contributed by atoms with Crippen molar-refractivity contribution in [2.45, 2.75) is 30.2 Å². The number of imidazole rings is 1. The van der Waals surface area contributed by atoms with Gasteiger partial charge in [-0.1, -0.05) is 30.2 Å². The smallest absolute Gasteiger partial charge is 0.416 e. The van der Waals surface area contributed by atoms with E-state index in [1.54, 1.807) is 18.2 Å². The number of anilines is 1. The van der Waals surface area contributed by atoms with Gasteiger partial charge in [-0.3, -0.25) is 4.57 Å². The number of nitrogens with two attached hydrogens (primary N) is 1. The molecule has 1 saturated heterocycles. The Bertz CT molecular complexity index is 1650. The molecule has 2 aromatic heterocycles. The van der Waals surface area contributed by atoms with Crippen molar-refractivity contribution in [2.75, 3.05) is 12.3 Å². The molecule has 2 aromatic carbocycles. The van der Waals surface area contributed by atoms with Gasteiger partial charge in [-0.25, -0.2) is 24.5 Å². The molecule has 0 aliphatic carbocycles. The molecular weight excluding hydrogens is 547 g/mol. The fourth-order valence-corrected chi connectivity index (χ4v) is 4.32. The molecule has 0 spiro atoms. The molecule has 0 amide bonds. The largest absolute Gasteiger partial charge is 0.459 e. The van der Waals surface area contributed by atoms with E-state index in [4.69, 9.17) is 26.4 Å². The van der Waals surface area contributed by atoms with Crippen molar-refractivity contribution >= 4 is 28.9 Å². The van der Waals surface area contributed by atoms with Crippen LogP contribution in [0.1, 0.15) is 32.5 Å². The maximum atomic E-state index is 13.3. The van der Waals surface area contributed by atoms with Gasteiger partial charge in [0.2, 0.25) is 0 Å². The maximum absolute atomic E-state index is 13.3. The second-order valence-corrected chi connectivity index (χ2v) is 8.94. The van der Waals surface area contributed by atoms with Crippen LogP contribution in [0.2, 0.25) is 0 Å². The molecule has 0 bridgehead atoms. The first-order chi connectivity index (χ1) is 19.5. The number of ether oxygens (including phenoxy) is 3. The van der Waals surface area contributed by atoms with Gasteiger partial charge in [-0.15, -0.1) is 6.42 Å². The molecule has 11 nitrogen and oxygen atoms in total. The summed E-state index contributed by atoms with van der Waals surface area (Å²) in [6.07, 6.45) is -1.29. The number of nitrogen functional groups attached to an aromatic ring is 1. The van der Waals surface area contributed by atoms with Gasteiger partial charge in [0.05, 0.1) is 23.0 Å². The summed E-state index contributed by atoms with van der Waals surface area (Å²) >= 11 is 0. The normalized spacial score (nSPS) is 22.3. The van der Waals surface area contributed by atoms with Gasteiger partial charge in [0, 0.05) is 0 Å². The lowest BCUT2D eigenvalue weighted by molar-refractivity contribution is -0.137. The molecule has 1 aliphatic heterocycles. The highest BCUT2D eigenvalue weighted by atomic mass is 19.4. The molecule has 5 rings (SSSR count). The number of terminal acetylenes is 1. The topological polar surface area (TPSA) is 152 Å². The molecule has 4 atom stereocenters. The van der Waals surface area contributed by atoms with Gasteiger partial charge in [0.25, 0.3) is 0 Å². The van der Waals surface area contributed by atoms with Crippen molar-refractivity contribution in [3.63, 3.8) is 0 Å². The molecule has 0 unspecified atom stereocenters. The van der Waals surface area contributed by atoms with E-state index in [1.807, 2.05) is 0 Å². The monoisotopic (exact) mass is 567 g/mol. The third-order valence-corrected chi connectivity index (χ3v) is 6.41. The number of benzene rings is 2. The summed E-state index contributed by atoms with van der Waals surface area (Å²) in [6.45, 7) is -0.577. The number of hydrogen-bond acceptors (Lipinski definition) is 10. The molecular formula is C27H20F3N5O6. The second-order valence-electron chi connectivity index (χ2n) is 8.94. The number of rotatable bonds is 6. The number of nitrogens with zero attached hydrogens (tertiary/aromatic N) is 4. The summed E-state index contributed by atoms with van der Waals surface area (Å²) < 4.78 is 57.8. The Kier molecular flexibility index (Phi) is 7.08. The molecule has 1 aliphatic rings. The zero-order valence-electron chi connectivity index (χ0n) is 20.9. The van der Waals surface area contributed by atoms with E-state index in [0.717, 1.165) is 24.5 Å².